The molecule has 2 rings (SSSR count). The average molecular weight is 176 g/mol. The summed E-state index contributed by atoms with van der Waals surface area (Å²) < 4.78 is 0. The molecule has 1 N–H and O–H groups in total. The molecular weight excluding hydrogens is 168 g/mol. The molecule has 0 aliphatic carbocycles. The number of hydrogen-bond acceptors (Lipinski definition) is 3. The summed E-state index contributed by atoms with van der Waals surface area (Å²) >= 11 is 0. The van der Waals surface area contributed by atoms with E-state index in [1.54, 1.807) is 12.1 Å². The summed E-state index contributed by atoms with van der Waals surface area (Å²) in [6.45, 7) is 0.783. The minimum Gasteiger partial charge on any atom is -0.381 e. The van der Waals surface area contributed by atoms with Gasteiger partial charge < -0.3 is 5.32 Å². The fourth-order valence-electron chi connectivity index (χ4n) is 1.32. The Balaban J connectivity index is 2.48. The number of fused-ring (bicyclic) bond motifs is 1. The van der Waals surface area contributed by atoms with Crippen LogP contribution in [-0.4, -0.2) is 11.5 Å². The van der Waals surface area contributed by atoms with Gasteiger partial charge in [0.15, 0.2) is 0 Å². The molecule has 0 spiro atoms. The van der Waals surface area contributed by atoms with Crippen molar-refractivity contribution in [2.24, 2.45) is 0 Å². The van der Waals surface area contributed by atoms with E-state index in [4.69, 9.17) is 0 Å². The fourth-order valence-corrected chi connectivity index (χ4v) is 1.32. The lowest BCUT2D eigenvalue weighted by molar-refractivity contribution is -0.384. The zero-order valence-corrected chi connectivity index (χ0v) is 6.86. The van der Waals surface area contributed by atoms with Crippen LogP contribution in [-0.2, 0) is 0 Å². The van der Waals surface area contributed by atoms with Crippen molar-refractivity contribution < 1.29 is 4.92 Å². The van der Waals surface area contributed by atoms with Gasteiger partial charge in [-0.3, -0.25) is 10.1 Å². The third-order valence-corrected chi connectivity index (χ3v) is 1.95. The van der Waals surface area contributed by atoms with Crippen LogP contribution in [0.4, 0.5) is 11.4 Å². The van der Waals surface area contributed by atoms with Gasteiger partial charge in [0.05, 0.1) is 4.92 Å². The quantitative estimate of drug-likeness (QED) is 0.526. The van der Waals surface area contributed by atoms with Gasteiger partial charge in [0, 0.05) is 29.9 Å². The Morgan fingerprint density at radius 1 is 1.46 bits per heavy atom. The van der Waals surface area contributed by atoms with Crippen LogP contribution in [0.25, 0.3) is 6.08 Å². The van der Waals surface area contributed by atoms with E-state index >= 15 is 0 Å². The molecule has 13 heavy (non-hydrogen) atoms. The van der Waals surface area contributed by atoms with Crippen LogP contribution in [0.1, 0.15) is 5.56 Å². The molecule has 1 aliphatic heterocycles. The van der Waals surface area contributed by atoms with E-state index in [-0.39, 0.29) is 10.6 Å². The number of nitro groups is 1. The molecule has 66 valence electrons. The predicted octanol–water partition coefficient (Wildman–Crippen LogP) is 2.03. The molecule has 0 saturated heterocycles. The molecular formula is C9H8N2O2. The maximum Gasteiger partial charge on any atom is 0.270 e. The summed E-state index contributed by atoms with van der Waals surface area (Å²) in [6.07, 6.45) is 3.82. The van der Waals surface area contributed by atoms with Crippen molar-refractivity contribution in [3.8, 4) is 0 Å². The van der Waals surface area contributed by atoms with Crippen molar-refractivity contribution in [3.05, 3.63) is 40.0 Å². The summed E-state index contributed by atoms with van der Waals surface area (Å²) in [5.74, 6) is 0. The van der Waals surface area contributed by atoms with E-state index < -0.39 is 0 Å². The zero-order valence-electron chi connectivity index (χ0n) is 6.86. The minimum atomic E-state index is -0.386. The Morgan fingerprint density at radius 3 is 3.08 bits per heavy atom. The van der Waals surface area contributed by atoms with Crippen LogP contribution in [0.15, 0.2) is 24.3 Å². The van der Waals surface area contributed by atoms with E-state index in [1.165, 1.54) is 6.07 Å². The van der Waals surface area contributed by atoms with Gasteiger partial charge >= 0.3 is 0 Å². The Labute approximate surface area is 75.0 Å². The van der Waals surface area contributed by atoms with Gasteiger partial charge in [-0.1, -0.05) is 12.2 Å². The van der Waals surface area contributed by atoms with Crippen LogP contribution in [0.5, 0.6) is 0 Å². The van der Waals surface area contributed by atoms with Gasteiger partial charge in [-0.15, -0.1) is 0 Å². The largest absolute Gasteiger partial charge is 0.381 e. The molecule has 1 heterocycles. The molecule has 1 aromatic rings. The number of nitrogens with one attached hydrogen (secondary N) is 1. The van der Waals surface area contributed by atoms with Crippen LogP contribution >= 0.6 is 0 Å². The third-order valence-electron chi connectivity index (χ3n) is 1.95. The summed E-state index contributed by atoms with van der Waals surface area (Å²) in [4.78, 5) is 10.1. The first-order chi connectivity index (χ1) is 6.27. The Hall–Kier alpha value is -1.84. The van der Waals surface area contributed by atoms with Crippen LogP contribution < -0.4 is 5.32 Å². The van der Waals surface area contributed by atoms with Gasteiger partial charge in [-0.2, -0.15) is 0 Å². The molecule has 0 aromatic heterocycles. The molecule has 0 fully saturated rings. The molecule has 4 heteroatoms. The lowest BCUT2D eigenvalue weighted by Crippen LogP contribution is -2.04. The number of benzene rings is 1. The van der Waals surface area contributed by atoms with E-state index in [0.717, 1.165) is 17.8 Å². The smallest absolute Gasteiger partial charge is 0.270 e. The first kappa shape index (κ1) is 7.79. The molecule has 0 atom stereocenters. The lowest BCUT2D eigenvalue weighted by atomic mass is 10.1. The van der Waals surface area contributed by atoms with Crippen molar-refractivity contribution >= 4 is 17.5 Å². The fraction of sp³-hybridized carbons (Fsp3) is 0.111. The molecule has 1 aliphatic rings. The molecule has 0 radical (unpaired) electrons. The second kappa shape index (κ2) is 2.90. The molecule has 0 amide bonds. The number of rotatable bonds is 1. The first-order valence-corrected chi connectivity index (χ1v) is 3.96. The van der Waals surface area contributed by atoms with E-state index in [0.29, 0.717) is 0 Å². The highest BCUT2D eigenvalue weighted by molar-refractivity contribution is 5.72. The van der Waals surface area contributed by atoms with Gasteiger partial charge in [-0.05, 0) is 6.07 Å². The summed E-state index contributed by atoms with van der Waals surface area (Å²) in [5.41, 5.74) is 1.96. The number of anilines is 1. The van der Waals surface area contributed by atoms with Crippen molar-refractivity contribution in [2.45, 2.75) is 0 Å². The summed E-state index contributed by atoms with van der Waals surface area (Å²) in [6, 6.07) is 4.81. The second-order valence-corrected chi connectivity index (χ2v) is 2.81. The highest BCUT2D eigenvalue weighted by Crippen LogP contribution is 2.25. The highest BCUT2D eigenvalue weighted by Gasteiger charge is 2.09. The van der Waals surface area contributed by atoms with Crippen LogP contribution in [0.2, 0.25) is 0 Å². The van der Waals surface area contributed by atoms with Gasteiger partial charge in [0.2, 0.25) is 0 Å². The first-order valence-electron chi connectivity index (χ1n) is 3.96. The van der Waals surface area contributed by atoms with Crippen molar-refractivity contribution in [1.29, 1.82) is 0 Å². The lowest BCUT2D eigenvalue weighted by Gasteiger charge is -2.11. The summed E-state index contributed by atoms with van der Waals surface area (Å²) in [7, 11) is 0. The Bertz CT molecular complexity index is 385. The Morgan fingerprint density at radius 2 is 2.31 bits per heavy atom. The summed E-state index contributed by atoms with van der Waals surface area (Å²) in [5, 5.41) is 13.6. The minimum absolute atomic E-state index is 0.132. The van der Waals surface area contributed by atoms with Crippen molar-refractivity contribution in [1.82, 2.24) is 0 Å². The van der Waals surface area contributed by atoms with Crippen LogP contribution in [0, 0.1) is 10.1 Å². The van der Waals surface area contributed by atoms with E-state index in [1.807, 2.05) is 12.2 Å². The molecule has 4 nitrogen and oxygen atoms in total. The second-order valence-electron chi connectivity index (χ2n) is 2.81. The molecule has 0 saturated carbocycles. The van der Waals surface area contributed by atoms with E-state index in [9.17, 15) is 10.1 Å². The maximum atomic E-state index is 10.4. The maximum absolute atomic E-state index is 10.4. The number of hydrogen-bond donors (Lipinski definition) is 1. The topological polar surface area (TPSA) is 55.2 Å². The van der Waals surface area contributed by atoms with Gasteiger partial charge in [0.25, 0.3) is 5.69 Å². The molecule has 0 bridgehead atoms. The normalized spacial score (nSPS) is 13.2. The average Bonchev–Trinajstić information content (AvgIpc) is 2.17. The SMILES string of the molecule is O=[N+]([O-])c1ccc2c(c1)C=CCN2. The zero-order chi connectivity index (χ0) is 9.26. The molecule has 0 unspecified atom stereocenters. The number of nitrogens with zero attached hydrogens (tertiary/aromatic N) is 1. The van der Waals surface area contributed by atoms with Gasteiger partial charge in [0.1, 0.15) is 0 Å². The predicted molar refractivity (Wildman–Crippen MR) is 50.6 cm³/mol. The number of non-ortho nitro benzene ring substituents is 1. The number of nitro benzene ring substituents is 1. The molecule has 1 aromatic carbocycles. The standard InChI is InChI=1S/C9H8N2O2/c12-11(13)8-3-4-9-7(6-8)2-1-5-10-9/h1-4,6,10H,5H2. The monoisotopic (exact) mass is 176 g/mol. The van der Waals surface area contributed by atoms with Crippen molar-refractivity contribution in [2.75, 3.05) is 11.9 Å². The Kier molecular flexibility index (Phi) is 1.73. The van der Waals surface area contributed by atoms with Crippen LogP contribution in [0.3, 0.4) is 0 Å². The highest BCUT2D eigenvalue weighted by atomic mass is 16.6. The van der Waals surface area contributed by atoms with E-state index in [2.05, 4.69) is 5.32 Å². The third kappa shape index (κ3) is 1.38. The van der Waals surface area contributed by atoms with Gasteiger partial charge in [-0.25, -0.2) is 0 Å². The van der Waals surface area contributed by atoms with Crippen molar-refractivity contribution in [3.63, 3.8) is 0 Å².